The maximum atomic E-state index is 11.3. The summed E-state index contributed by atoms with van der Waals surface area (Å²) in [6.45, 7) is 0. The van der Waals surface area contributed by atoms with Crippen molar-refractivity contribution in [3.8, 4) is 11.3 Å². The van der Waals surface area contributed by atoms with Gasteiger partial charge in [0, 0.05) is 21.3 Å². The first kappa shape index (κ1) is 11.4. The second-order valence-electron chi connectivity index (χ2n) is 3.03. The molecule has 0 unspecified atom stereocenters. The number of rotatable bonds is 2. The lowest BCUT2D eigenvalue weighted by molar-refractivity contribution is 0.610. The van der Waals surface area contributed by atoms with Gasteiger partial charge in [-0.3, -0.25) is 5.10 Å². The van der Waals surface area contributed by atoms with Crippen molar-refractivity contribution in [2.75, 3.05) is 0 Å². The van der Waals surface area contributed by atoms with Gasteiger partial charge in [-0.1, -0.05) is 29.8 Å². The van der Waals surface area contributed by atoms with E-state index < -0.39 is 9.05 Å². The second-order valence-corrected chi connectivity index (χ2v) is 5.97. The van der Waals surface area contributed by atoms with Crippen LogP contribution < -0.4 is 0 Å². The Bertz CT molecular complexity index is 622. The lowest BCUT2D eigenvalue weighted by Crippen LogP contribution is -1.92. The molecule has 0 atom stereocenters. The molecule has 0 aliphatic rings. The van der Waals surface area contributed by atoms with Crippen molar-refractivity contribution in [3.05, 3.63) is 35.5 Å². The molecule has 4 nitrogen and oxygen atoms in total. The fraction of sp³-hybridized carbons (Fsp3) is 0. The molecule has 84 valence electrons. The van der Waals surface area contributed by atoms with Crippen molar-refractivity contribution in [2.45, 2.75) is 4.90 Å². The quantitative estimate of drug-likeness (QED) is 0.858. The number of benzene rings is 1. The first-order valence-corrected chi connectivity index (χ1v) is 6.92. The summed E-state index contributed by atoms with van der Waals surface area (Å²) in [5.41, 5.74) is 0.835. The van der Waals surface area contributed by atoms with Crippen LogP contribution in [0.5, 0.6) is 0 Å². The Morgan fingerprint density at radius 1 is 1.25 bits per heavy atom. The Kier molecular flexibility index (Phi) is 2.92. The predicted molar refractivity (Wildman–Crippen MR) is 62.1 cm³/mol. The van der Waals surface area contributed by atoms with Crippen LogP contribution >= 0.6 is 22.3 Å². The number of halogens is 2. The van der Waals surface area contributed by atoms with Gasteiger partial charge in [0.25, 0.3) is 9.05 Å². The molecule has 0 bridgehead atoms. The molecule has 1 N–H and O–H groups in total. The summed E-state index contributed by atoms with van der Waals surface area (Å²) in [5.74, 6) is 0. The average molecular weight is 277 g/mol. The minimum atomic E-state index is -3.84. The molecule has 0 saturated heterocycles. The smallest absolute Gasteiger partial charge is 0.265 e. The van der Waals surface area contributed by atoms with Crippen LogP contribution in [0.2, 0.25) is 5.02 Å². The minimum Gasteiger partial charge on any atom is -0.276 e. The maximum absolute atomic E-state index is 11.3. The van der Waals surface area contributed by atoms with E-state index >= 15 is 0 Å². The molecule has 0 saturated carbocycles. The van der Waals surface area contributed by atoms with Gasteiger partial charge in [-0.25, -0.2) is 8.42 Å². The van der Waals surface area contributed by atoms with Crippen LogP contribution in [0.4, 0.5) is 0 Å². The highest BCUT2D eigenvalue weighted by atomic mass is 35.7. The van der Waals surface area contributed by atoms with Gasteiger partial charge in [-0.2, -0.15) is 5.10 Å². The molecule has 2 aromatic rings. The van der Waals surface area contributed by atoms with Gasteiger partial charge in [0.15, 0.2) is 0 Å². The van der Waals surface area contributed by atoms with Gasteiger partial charge in [0.1, 0.15) is 4.90 Å². The topological polar surface area (TPSA) is 62.8 Å². The Labute approximate surface area is 102 Å². The number of nitrogens with zero attached hydrogens (tertiary/aromatic N) is 1. The Hall–Kier alpha value is -1.04. The largest absolute Gasteiger partial charge is 0.276 e. The Balaban J connectivity index is 2.68. The molecule has 0 spiro atoms. The van der Waals surface area contributed by atoms with Crippen molar-refractivity contribution in [2.24, 2.45) is 0 Å². The summed E-state index contributed by atoms with van der Waals surface area (Å²) >= 11 is 5.95. The zero-order chi connectivity index (χ0) is 11.8. The Morgan fingerprint density at radius 3 is 2.56 bits per heavy atom. The third kappa shape index (κ3) is 2.07. The standard InChI is InChI=1S/C9H6Cl2N2O2S/c10-7-4-2-1-3-6(7)9-8(5-12-13-9)16(11,14)15/h1-5H,(H,12,13). The van der Waals surface area contributed by atoms with Crippen molar-refractivity contribution in [3.63, 3.8) is 0 Å². The van der Waals surface area contributed by atoms with Gasteiger partial charge in [0.2, 0.25) is 0 Å². The summed E-state index contributed by atoms with van der Waals surface area (Å²) in [7, 11) is 1.44. The highest BCUT2D eigenvalue weighted by molar-refractivity contribution is 8.13. The van der Waals surface area contributed by atoms with E-state index in [9.17, 15) is 8.42 Å². The molecule has 1 aromatic heterocycles. The Morgan fingerprint density at radius 2 is 1.94 bits per heavy atom. The zero-order valence-corrected chi connectivity index (χ0v) is 10.1. The van der Waals surface area contributed by atoms with E-state index in [0.717, 1.165) is 6.20 Å². The zero-order valence-electron chi connectivity index (χ0n) is 7.81. The van der Waals surface area contributed by atoms with Crippen molar-refractivity contribution < 1.29 is 8.42 Å². The summed E-state index contributed by atoms with van der Waals surface area (Å²) < 4.78 is 22.5. The number of hydrogen-bond donors (Lipinski definition) is 1. The molecule has 0 radical (unpaired) electrons. The SMILES string of the molecule is O=S(=O)(Cl)c1cn[nH]c1-c1ccccc1Cl. The van der Waals surface area contributed by atoms with Crippen LogP contribution in [-0.2, 0) is 9.05 Å². The van der Waals surface area contributed by atoms with Crippen LogP contribution in [0, 0.1) is 0 Å². The first-order chi connectivity index (χ1) is 7.50. The highest BCUT2D eigenvalue weighted by Gasteiger charge is 2.20. The van der Waals surface area contributed by atoms with Crippen LogP contribution in [0.3, 0.4) is 0 Å². The number of hydrogen-bond acceptors (Lipinski definition) is 3. The number of aromatic amines is 1. The van der Waals surface area contributed by atoms with Crippen molar-refractivity contribution in [1.82, 2.24) is 10.2 Å². The maximum Gasteiger partial charge on any atom is 0.265 e. The van der Waals surface area contributed by atoms with Gasteiger partial charge in [0.05, 0.1) is 11.9 Å². The minimum absolute atomic E-state index is 0.0812. The van der Waals surface area contributed by atoms with E-state index in [4.69, 9.17) is 22.3 Å². The van der Waals surface area contributed by atoms with E-state index in [0.29, 0.717) is 16.3 Å². The van der Waals surface area contributed by atoms with Crippen molar-refractivity contribution >= 4 is 31.3 Å². The number of nitrogens with one attached hydrogen (secondary N) is 1. The first-order valence-electron chi connectivity index (χ1n) is 4.23. The van der Waals surface area contributed by atoms with E-state index in [1.807, 2.05) is 0 Å². The lowest BCUT2D eigenvalue weighted by Gasteiger charge is -2.02. The normalized spacial score (nSPS) is 11.6. The monoisotopic (exact) mass is 276 g/mol. The second kappa shape index (κ2) is 4.08. The molecule has 0 fully saturated rings. The van der Waals surface area contributed by atoms with Crippen molar-refractivity contribution in [1.29, 1.82) is 0 Å². The fourth-order valence-corrected chi connectivity index (χ4v) is 2.48. The lowest BCUT2D eigenvalue weighted by atomic mass is 10.1. The third-order valence-corrected chi connectivity index (χ3v) is 3.67. The van der Waals surface area contributed by atoms with E-state index in [-0.39, 0.29) is 4.90 Å². The molecule has 16 heavy (non-hydrogen) atoms. The number of H-pyrrole nitrogens is 1. The van der Waals surface area contributed by atoms with Gasteiger partial charge in [-0.15, -0.1) is 0 Å². The summed E-state index contributed by atoms with van der Waals surface area (Å²) in [6, 6.07) is 6.83. The van der Waals surface area contributed by atoms with Gasteiger partial charge >= 0.3 is 0 Å². The van der Waals surface area contributed by atoms with Crippen LogP contribution in [0.15, 0.2) is 35.4 Å². The van der Waals surface area contributed by atoms with Gasteiger partial charge < -0.3 is 0 Å². The van der Waals surface area contributed by atoms with E-state index in [1.165, 1.54) is 0 Å². The molecule has 0 amide bonds. The predicted octanol–water partition coefficient (Wildman–Crippen LogP) is 2.66. The van der Waals surface area contributed by atoms with Crippen LogP contribution in [0.25, 0.3) is 11.3 Å². The van der Waals surface area contributed by atoms with Gasteiger partial charge in [-0.05, 0) is 6.07 Å². The number of aromatic nitrogens is 2. The fourth-order valence-electron chi connectivity index (χ4n) is 1.32. The van der Waals surface area contributed by atoms with E-state index in [1.54, 1.807) is 24.3 Å². The summed E-state index contributed by atoms with van der Waals surface area (Å²) in [6.07, 6.45) is 1.15. The van der Waals surface area contributed by atoms with Crippen LogP contribution in [0.1, 0.15) is 0 Å². The average Bonchev–Trinajstić information content (AvgIpc) is 2.66. The molecule has 0 aliphatic heterocycles. The summed E-state index contributed by atoms with van der Waals surface area (Å²) in [4.78, 5) is -0.0812. The molecule has 2 rings (SSSR count). The van der Waals surface area contributed by atoms with Crippen LogP contribution in [-0.4, -0.2) is 18.6 Å². The molecule has 0 aliphatic carbocycles. The highest BCUT2D eigenvalue weighted by Crippen LogP contribution is 2.31. The summed E-state index contributed by atoms with van der Waals surface area (Å²) in [5, 5.41) is 6.65. The third-order valence-electron chi connectivity index (χ3n) is 2.01. The molecule has 1 heterocycles. The van der Waals surface area contributed by atoms with E-state index in [2.05, 4.69) is 10.2 Å². The molecular weight excluding hydrogens is 271 g/mol. The molecule has 7 heteroatoms. The molecule has 1 aromatic carbocycles. The molecular formula is C9H6Cl2N2O2S.